The van der Waals surface area contributed by atoms with E-state index in [9.17, 15) is 13.6 Å². The number of fused-ring (bicyclic) bond motifs is 1. The van der Waals surface area contributed by atoms with E-state index >= 15 is 0 Å². The van der Waals surface area contributed by atoms with Crippen molar-refractivity contribution in [2.24, 2.45) is 5.73 Å². The van der Waals surface area contributed by atoms with Crippen molar-refractivity contribution >= 4 is 5.91 Å². The van der Waals surface area contributed by atoms with Crippen molar-refractivity contribution in [1.82, 2.24) is 9.88 Å². The normalized spacial score (nSPS) is 15.5. The van der Waals surface area contributed by atoms with Crippen LogP contribution in [0.4, 0.5) is 8.78 Å². The van der Waals surface area contributed by atoms with Gasteiger partial charge >= 0.3 is 0 Å². The van der Waals surface area contributed by atoms with E-state index in [-0.39, 0.29) is 11.9 Å². The standard InChI is InChI=1S/C22H18F2N4O/c23-18-6-5-15(9-19(18)24)17-10-20-22(29)27-12-16(7-8-25)28(20)21(17)14-3-1-13(11-26)2-4-14/h1-6,9-10,16H,7-8,12,25H2,(H,27,29). The number of nitrogens with zero attached hydrogens (tertiary/aromatic N) is 2. The third-order valence-electron chi connectivity index (χ3n) is 5.15. The van der Waals surface area contributed by atoms with Gasteiger partial charge in [-0.25, -0.2) is 8.78 Å². The van der Waals surface area contributed by atoms with Crippen LogP contribution in [0.3, 0.4) is 0 Å². The van der Waals surface area contributed by atoms with Gasteiger partial charge in [-0.2, -0.15) is 5.26 Å². The molecule has 0 saturated heterocycles. The second-order valence-corrected chi connectivity index (χ2v) is 6.92. The highest BCUT2D eigenvalue weighted by Crippen LogP contribution is 2.39. The van der Waals surface area contributed by atoms with E-state index in [2.05, 4.69) is 11.4 Å². The predicted octanol–water partition coefficient (Wildman–Crippen LogP) is 3.61. The van der Waals surface area contributed by atoms with Crippen LogP contribution in [-0.2, 0) is 0 Å². The number of nitriles is 1. The Labute approximate surface area is 166 Å². The molecule has 0 saturated carbocycles. The molecule has 0 fully saturated rings. The first-order valence-electron chi connectivity index (χ1n) is 9.23. The summed E-state index contributed by atoms with van der Waals surface area (Å²) in [5, 5.41) is 12.0. The molecule has 0 aliphatic carbocycles. The molecule has 29 heavy (non-hydrogen) atoms. The Bertz CT molecular complexity index is 1130. The lowest BCUT2D eigenvalue weighted by Gasteiger charge is -2.28. The van der Waals surface area contributed by atoms with E-state index in [0.717, 1.165) is 17.7 Å². The van der Waals surface area contributed by atoms with E-state index < -0.39 is 11.6 Å². The van der Waals surface area contributed by atoms with E-state index in [1.165, 1.54) is 6.07 Å². The fraction of sp³-hybridized carbons (Fsp3) is 0.182. The van der Waals surface area contributed by atoms with Crippen LogP contribution in [0, 0.1) is 23.0 Å². The number of benzene rings is 2. The maximum atomic E-state index is 13.9. The Hall–Kier alpha value is -3.50. The van der Waals surface area contributed by atoms with E-state index in [0.29, 0.717) is 47.6 Å². The van der Waals surface area contributed by atoms with Crippen LogP contribution < -0.4 is 11.1 Å². The monoisotopic (exact) mass is 392 g/mol. The van der Waals surface area contributed by atoms with Gasteiger partial charge in [0.2, 0.25) is 0 Å². The van der Waals surface area contributed by atoms with Gasteiger partial charge in [0.25, 0.3) is 5.91 Å². The highest BCUT2D eigenvalue weighted by molar-refractivity contribution is 5.98. The summed E-state index contributed by atoms with van der Waals surface area (Å²) in [5.41, 5.74) is 9.28. The molecule has 3 aromatic rings. The Morgan fingerprint density at radius 1 is 1.10 bits per heavy atom. The van der Waals surface area contributed by atoms with Crippen molar-refractivity contribution in [3.05, 3.63) is 71.4 Å². The van der Waals surface area contributed by atoms with Crippen LogP contribution >= 0.6 is 0 Å². The van der Waals surface area contributed by atoms with Gasteiger partial charge in [0.15, 0.2) is 11.6 Å². The summed E-state index contributed by atoms with van der Waals surface area (Å²) >= 11 is 0. The fourth-order valence-corrected chi connectivity index (χ4v) is 3.78. The average Bonchev–Trinajstić information content (AvgIpc) is 3.14. The highest BCUT2D eigenvalue weighted by Gasteiger charge is 2.30. The SMILES string of the molecule is N#Cc1ccc(-c2c(-c3ccc(F)c(F)c3)cc3n2C(CCN)CNC3=O)cc1. The van der Waals surface area contributed by atoms with E-state index in [1.807, 2.05) is 4.57 Å². The Kier molecular flexibility index (Phi) is 4.87. The first-order valence-corrected chi connectivity index (χ1v) is 9.23. The fourth-order valence-electron chi connectivity index (χ4n) is 3.78. The topological polar surface area (TPSA) is 83.8 Å². The molecule has 0 spiro atoms. The average molecular weight is 392 g/mol. The van der Waals surface area contributed by atoms with Crippen molar-refractivity contribution in [1.29, 1.82) is 5.26 Å². The van der Waals surface area contributed by atoms with Crippen LogP contribution in [0.25, 0.3) is 22.4 Å². The molecule has 4 rings (SSSR count). The molecule has 3 N–H and O–H groups in total. The summed E-state index contributed by atoms with van der Waals surface area (Å²) in [7, 11) is 0. The van der Waals surface area contributed by atoms with Crippen LogP contribution in [-0.4, -0.2) is 23.6 Å². The van der Waals surface area contributed by atoms with Gasteiger partial charge in [-0.15, -0.1) is 0 Å². The molecule has 1 aliphatic rings. The second kappa shape index (κ2) is 7.49. The minimum absolute atomic E-state index is 0.0719. The van der Waals surface area contributed by atoms with Gasteiger partial charge in [-0.3, -0.25) is 4.79 Å². The molecular weight excluding hydrogens is 374 g/mol. The minimum Gasteiger partial charge on any atom is -0.349 e. The predicted molar refractivity (Wildman–Crippen MR) is 105 cm³/mol. The zero-order valence-corrected chi connectivity index (χ0v) is 15.5. The number of hydrogen-bond acceptors (Lipinski definition) is 3. The highest BCUT2D eigenvalue weighted by atomic mass is 19.2. The molecule has 1 atom stereocenters. The Balaban J connectivity index is 1.99. The maximum Gasteiger partial charge on any atom is 0.268 e. The molecule has 2 aromatic carbocycles. The van der Waals surface area contributed by atoms with Crippen molar-refractivity contribution in [3.8, 4) is 28.5 Å². The molecule has 1 aliphatic heterocycles. The van der Waals surface area contributed by atoms with Gasteiger partial charge in [0.05, 0.1) is 23.4 Å². The number of aromatic nitrogens is 1. The second-order valence-electron chi connectivity index (χ2n) is 6.92. The van der Waals surface area contributed by atoms with E-state index in [1.54, 1.807) is 30.3 Å². The molecule has 2 heterocycles. The summed E-state index contributed by atoms with van der Waals surface area (Å²) in [6.07, 6.45) is 0.641. The summed E-state index contributed by atoms with van der Waals surface area (Å²) < 4.78 is 29.3. The third-order valence-corrected chi connectivity index (χ3v) is 5.15. The van der Waals surface area contributed by atoms with Crippen LogP contribution in [0.5, 0.6) is 0 Å². The number of halogens is 2. The Morgan fingerprint density at radius 2 is 1.83 bits per heavy atom. The lowest BCUT2D eigenvalue weighted by atomic mass is 10.00. The first-order chi connectivity index (χ1) is 14.0. The van der Waals surface area contributed by atoms with Crippen molar-refractivity contribution in [3.63, 3.8) is 0 Å². The van der Waals surface area contributed by atoms with Gasteiger partial charge in [0, 0.05) is 12.1 Å². The minimum atomic E-state index is -0.958. The molecule has 7 heteroatoms. The summed E-state index contributed by atoms with van der Waals surface area (Å²) in [6, 6.07) is 14.3. The molecule has 1 unspecified atom stereocenters. The molecular formula is C22H18F2N4O. The molecule has 1 amide bonds. The van der Waals surface area contributed by atoms with Gasteiger partial charge in [-0.05, 0) is 54.4 Å². The molecule has 5 nitrogen and oxygen atoms in total. The van der Waals surface area contributed by atoms with Gasteiger partial charge in [-0.1, -0.05) is 18.2 Å². The summed E-state index contributed by atoms with van der Waals surface area (Å²) in [5.74, 6) is -2.13. The van der Waals surface area contributed by atoms with Crippen LogP contribution in [0.1, 0.15) is 28.5 Å². The molecule has 1 aromatic heterocycles. The molecule has 0 radical (unpaired) electrons. The zero-order valence-electron chi connectivity index (χ0n) is 15.5. The van der Waals surface area contributed by atoms with Crippen LogP contribution in [0.2, 0.25) is 0 Å². The lowest BCUT2D eigenvalue weighted by Crippen LogP contribution is -2.39. The number of carbonyl (C=O) groups is 1. The van der Waals surface area contributed by atoms with Crippen molar-refractivity contribution in [2.45, 2.75) is 12.5 Å². The first kappa shape index (κ1) is 18.8. The summed E-state index contributed by atoms with van der Waals surface area (Å²) in [4.78, 5) is 12.5. The Morgan fingerprint density at radius 3 is 2.48 bits per heavy atom. The smallest absolute Gasteiger partial charge is 0.268 e. The summed E-state index contributed by atoms with van der Waals surface area (Å²) in [6.45, 7) is 0.865. The number of nitrogens with two attached hydrogens (primary N) is 1. The van der Waals surface area contributed by atoms with Gasteiger partial charge < -0.3 is 15.6 Å². The number of carbonyl (C=O) groups excluding carboxylic acids is 1. The number of hydrogen-bond donors (Lipinski definition) is 2. The molecule has 0 bridgehead atoms. The largest absolute Gasteiger partial charge is 0.349 e. The quantitative estimate of drug-likeness (QED) is 0.712. The number of rotatable bonds is 4. The maximum absolute atomic E-state index is 13.9. The number of nitrogens with one attached hydrogen (secondary N) is 1. The van der Waals surface area contributed by atoms with Gasteiger partial charge in [0.1, 0.15) is 5.69 Å². The third kappa shape index (κ3) is 3.28. The van der Waals surface area contributed by atoms with Crippen molar-refractivity contribution < 1.29 is 13.6 Å². The zero-order chi connectivity index (χ0) is 20.5. The van der Waals surface area contributed by atoms with E-state index in [4.69, 9.17) is 11.0 Å². The van der Waals surface area contributed by atoms with Crippen molar-refractivity contribution in [2.75, 3.05) is 13.1 Å². The lowest BCUT2D eigenvalue weighted by molar-refractivity contribution is 0.0914. The van der Waals surface area contributed by atoms with Crippen LogP contribution in [0.15, 0.2) is 48.5 Å². The molecule has 146 valence electrons. The number of amides is 1.